The molecule has 1 aliphatic heterocycles. The molecule has 1 fully saturated rings. The lowest BCUT2D eigenvalue weighted by Crippen LogP contribution is -2.49. The highest BCUT2D eigenvalue weighted by molar-refractivity contribution is 5.95. The fourth-order valence-electron chi connectivity index (χ4n) is 3.47. The van der Waals surface area contributed by atoms with Gasteiger partial charge in [0.25, 0.3) is 5.91 Å². The molecule has 7 heteroatoms. The van der Waals surface area contributed by atoms with Crippen molar-refractivity contribution in [1.82, 2.24) is 4.90 Å². The van der Waals surface area contributed by atoms with Crippen LogP contribution in [0.3, 0.4) is 0 Å². The number of amides is 1. The molecule has 0 spiro atoms. The van der Waals surface area contributed by atoms with Gasteiger partial charge in [-0.1, -0.05) is 0 Å². The number of benzene rings is 2. The van der Waals surface area contributed by atoms with Crippen molar-refractivity contribution in [3.05, 3.63) is 53.3 Å². The van der Waals surface area contributed by atoms with Crippen molar-refractivity contribution in [2.24, 2.45) is 0 Å². The molecule has 0 unspecified atom stereocenters. The van der Waals surface area contributed by atoms with E-state index in [1.807, 2.05) is 18.7 Å². The van der Waals surface area contributed by atoms with E-state index in [9.17, 15) is 14.0 Å². The summed E-state index contributed by atoms with van der Waals surface area (Å²) in [6.07, 6.45) is -0.00145. The number of nitrogens with zero attached hydrogens (tertiary/aromatic N) is 2. The summed E-state index contributed by atoms with van der Waals surface area (Å²) >= 11 is 0. The minimum Gasteiger partial charge on any atom is -0.493 e. The Kier molecular flexibility index (Phi) is 6.59. The number of Topliss-reactive ketones (excluding diaryl/α,β-unsaturated/α-hetero) is 1. The molecule has 0 aromatic heterocycles. The topological polar surface area (TPSA) is 59.1 Å². The summed E-state index contributed by atoms with van der Waals surface area (Å²) < 4.78 is 25.5. The van der Waals surface area contributed by atoms with Gasteiger partial charge < -0.3 is 19.3 Å². The van der Waals surface area contributed by atoms with Gasteiger partial charge in [0.15, 0.2) is 17.3 Å². The molecule has 2 aromatic carbocycles. The van der Waals surface area contributed by atoms with Crippen LogP contribution in [0.15, 0.2) is 36.4 Å². The van der Waals surface area contributed by atoms with Crippen molar-refractivity contribution in [1.29, 1.82) is 0 Å². The minimum atomic E-state index is -0.423. The van der Waals surface area contributed by atoms with Gasteiger partial charge in [-0.15, -0.1) is 0 Å². The van der Waals surface area contributed by atoms with Gasteiger partial charge in [0, 0.05) is 37.3 Å². The van der Waals surface area contributed by atoms with Crippen molar-refractivity contribution in [3.63, 3.8) is 0 Å². The lowest BCUT2D eigenvalue weighted by atomic mass is 10.1. The van der Waals surface area contributed by atoms with E-state index in [-0.39, 0.29) is 17.8 Å². The summed E-state index contributed by atoms with van der Waals surface area (Å²) in [5, 5.41) is 0. The van der Waals surface area contributed by atoms with Crippen molar-refractivity contribution in [3.8, 4) is 11.5 Å². The lowest BCUT2D eigenvalue weighted by molar-refractivity contribution is 0.0746. The lowest BCUT2D eigenvalue weighted by Gasteiger charge is -2.36. The molecule has 3 rings (SSSR count). The first-order chi connectivity index (χ1) is 14.3. The first-order valence-corrected chi connectivity index (χ1v) is 9.99. The van der Waals surface area contributed by atoms with Crippen LogP contribution in [0.4, 0.5) is 10.1 Å². The summed E-state index contributed by atoms with van der Waals surface area (Å²) in [4.78, 5) is 28.0. The SMILES string of the molecule is COc1cc(C(=O)N2CCN(c3ccc(C(C)=O)cc3F)CC2)ccc1OC(C)C. The third-order valence-electron chi connectivity index (χ3n) is 5.04. The quantitative estimate of drug-likeness (QED) is 0.673. The maximum Gasteiger partial charge on any atom is 0.254 e. The number of halogens is 1. The number of hydrogen-bond donors (Lipinski definition) is 0. The molecule has 1 saturated heterocycles. The van der Waals surface area contributed by atoms with Gasteiger partial charge in [-0.25, -0.2) is 4.39 Å². The Morgan fingerprint density at radius 1 is 0.967 bits per heavy atom. The number of ether oxygens (including phenoxy) is 2. The summed E-state index contributed by atoms with van der Waals surface area (Å²) in [6.45, 7) is 7.22. The third kappa shape index (κ3) is 4.72. The van der Waals surface area contributed by atoms with Crippen LogP contribution in [0.5, 0.6) is 11.5 Å². The normalized spacial score (nSPS) is 14.1. The van der Waals surface area contributed by atoms with E-state index in [0.717, 1.165) is 0 Å². The van der Waals surface area contributed by atoms with Gasteiger partial charge in [0.1, 0.15) is 5.82 Å². The number of ketones is 1. The number of anilines is 1. The summed E-state index contributed by atoms with van der Waals surface area (Å²) in [5.74, 6) is 0.416. The molecule has 2 aromatic rings. The molecule has 1 heterocycles. The highest BCUT2D eigenvalue weighted by Crippen LogP contribution is 2.30. The van der Waals surface area contributed by atoms with E-state index in [4.69, 9.17) is 9.47 Å². The average Bonchev–Trinajstić information content (AvgIpc) is 2.73. The van der Waals surface area contributed by atoms with Gasteiger partial charge in [0.2, 0.25) is 0 Å². The van der Waals surface area contributed by atoms with Crippen LogP contribution in [-0.2, 0) is 0 Å². The molecule has 1 amide bonds. The van der Waals surface area contributed by atoms with Gasteiger partial charge in [-0.3, -0.25) is 9.59 Å². The van der Waals surface area contributed by atoms with E-state index in [0.29, 0.717) is 54.5 Å². The monoisotopic (exact) mass is 414 g/mol. The van der Waals surface area contributed by atoms with Crippen LogP contribution in [0.25, 0.3) is 0 Å². The number of carbonyl (C=O) groups excluding carboxylic acids is 2. The Labute approximate surface area is 176 Å². The molecule has 0 bridgehead atoms. The molecule has 0 N–H and O–H groups in total. The first kappa shape index (κ1) is 21.6. The van der Waals surface area contributed by atoms with Crippen LogP contribution in [0.1, 0.15) is 41.5 Å². The van der Waals surface area contributed by atoms with Gasteiger partial charge in [0.05, 0.1) is 18.9 Å². The molecule has 1 aliphatic rings. The van der Waals surface area contributed by atoms with Crippen LogP contribution in [0, 0.1) is 5.82 Å². The molecule has 0 radical (unpaired) electrons. The smallest absolute Gasteiger partial charge is 0.254 e. The van der Waals surface area contributed by atoms with Crippen LogP contribution >= 0.6 is 0 Å². The van der Waals surface area contributed by atoms with Crippen LogP contribution in [-0.4, -0.2) is 56.0 Å². The predicted molar refractivity (Wildman–Crippen MR) is 113 cm³/mol. The maximum absolute atomic E-state index is 14.4. The second kappa shape index (κ2) is 9.15. The van der Waals surface area contributed by atoms with E-state index >= 15 is 0 Å². The zero-order chi connectivity index (χ0) is 21.8. The van der Waals surface area contributed by atoms with Gasteiger partial charge >= 0.3 is 0 Å². The molecule has 30 heavy (non-hydrogen) atoms. The molecule has 0 saturated carbocycles. The number of methoxy groups -OCH3 is 1. The number of rotatable bonds is 6. The van der Waals surface area contributed by atoms with Crippen LogP contribution in [0.2, 0.25) is 0 Å². The second-order valence-electron chi connectivity index (χ2n) is 7.53. The molecule has 6 nitrogen and oxygen atoms in total. The molecular weight excluding hydrogens is 387 g/mol. The number of piperazine rings is 1. The van der Waals surface area contributed by atoms with E-state index in [2.05, 4.69) is 0 Å². The van der Waals surface area contributed by atoms with Gasteiger partial charge in [-0.05, 0) is 57.2 Å². The van der Waals surface area contributed by atoms with Crippen molar-refractivity contribution >= 4 is 17.4 Å². The van der Waals surface area contributed by atoms with E-state index < -0.39 is 5.82 Å². The van der Waals surface area contributed by atoms with Crippen LogP contribution < -0.4 is 14.4 Å². The highest BCUT2D eigenvalue weighted by atomic mass is 19.1. The Balaban J connectivity index is 1.68. The zero-order valence-electron chi connectivity index (χ0n) is 17.8. The third-order valence-corrected chi connectivity index (χ3v) is 5.04. The fraction of sp³-hybridized carbons (Fsp3) is 0.391. The summed E-state index contributed by atoms with van der Waals surface area (Å²) in [7, 11) is 1.54. The largest absolute Gasteiger partial charge is 0.493 e. The average molecular weight is 414 g/mol. The summed E-state index contributed by atoms with van der Waals surface area (Å²) in [5.41, 5.74) is 1.32. The Hall–Kier alpha value is -3.09. The summed E-state index contributed by atoms with van der Waals surface area (Å²) in [6, 6.07) is 9.69. The standard InChI is InChI=1S/C23H27FN2O4/c1-15(2)30-21-8-6-18(14-22(21)29-4)23(28)26-11-9-25(10-12-26)20-7-5-17(16(3)27)13-19(20)24/h5-8,13-15H,9-12H2,1-4H3. The zero-order valence-corrected chi connectivity index (χ0v) is 17.8. The number of carbonyl (C=O) groups is 2. The molecular formula is C23H27FN2O4. The highest BCUT2D eigenvalue weighted by Gasteiger charge is 2.25. The second-order valence-corrected chi connectivity index (χ2v) is 7.53. The van der Waals surface area contributed by atoms with Crippen molar-refractivity contribution in [2.75, 3.05) is 38.2 Å². The Morgan fingerprint density at radius 2 is 1.63 bits per heavy atom. The maximum atomic E-state index is 14.4. The van der Waals surface area contributed by atoms with Crippen molar-refractivity contribution in [2.45, 2.75) is 26.9 Å². The Morgan fingerprint density at radius 3 is 2.20 bits per heavy atom. The van der Waals surface area contributed by atoms with Gasteiger partial charge in [-0.2, -0.15) is 0 Å². The predicted octanol–water partition coefficient (Wildman–Crippen LogP) is 3.79. The molecule has 160 valence electrons. The molecule has 0 atom stereocenters. The van der Waals surface area contributed by atoms with E-state index in [1.54, 1.807) is 42.3 Å². The first-order valence-electron chi connectivity index (χ1n) is 9.99. The van der Waals surface area contributed by atoms with Crippen molar-refractivity contribution < 1.29 is 23.5 Å². The Bertz CT molecular complexity index is 937. The molecule has 0 aliphatic carbocycles. The number of hydrogen-bond acceptors (Lipinski definition) is 5. The minimum absolute atomic E-state index is 0.00145. The van der Waals surface area contributed by atoms with E-state index in [1.165, 1.54) is 13.0 Å². The fourth-order valence-corrected chi connectivity index (χ4v) is 3.47.